The molecule has 1 rings (SSSR count). The molecule has 0 aliphatic carbocycles. The second kappa shape index (κ2) is 3.99. The van der Waals surface area contributed by atoms with Gasteiger partial charge in [0.05, 0.1) is 0 Å². The molecule has 0 bridgehead atoms. The normalized spacial score (nSPS) is 11.7. The Balaban J connectivity index is 3.48. The van der Waals surface area contributed by atoms with Crippen molar-refractivity contribution in [1.82, 2.24) is 0 Å². The van der Waals surface area contributed by atoms with Crippen molar-refractivity contribution < 1.29 is 10.0 Å². The van der Waals surface area contributed by atoms with E-state index in [1.54, 1.807) is 0 Å². The van der Waals surface area contributed by atoms with Gasteiger partial charge in [0.15, 0.2) is 0 Å². The zero-order valence-corrected chi connectivity index (χ0v) is 10.1. The quantitative estimate of drug-likeness (QED) is 0.679. The Labute approximate surface area is 92.1 Å². The van der Waals surface area contributed by atoms with Crippen LogP contribution >= 0.6 is 0 Å². The van der Waals surface area contributed by atoms with Crippen LogP contribution < -0.4 is 5.46 Å². The lowest BCUT2D eigenvalue weighted by atomic mass is 9.68. The summed E-state index contributed by atoms with van der Waals surface area (Å²) in [6, 6.07) is 3.92. The average Bonchev–Trinajstić information content (AvgIpc) is 1.99. The molecule has 0 aromatic heterocycles. The summed E-state index contributed by atoms with van der Waals surface area (Å²) in [5.41, 5.74) is 3.76. The molecule has 0 atom stereocenters. The Bertz CT molecular complexity index is 365. The van der Waals surface area contributed by atoms with Gasteiger partial charge in [-0.3, -0.25) is 0 Å². The van der Waals surface area contributed by atoms with E-state index in [9.17, 15) is 10.0 Å². The molecule has 0 amide bonds. The number of benzene rings is 1. The Kier molecular flexibility index (Phi) is 3.26. The van der Waals surface area contributed by atoms with Gasteiger partial charge in [-0.1, -0.05) is 38.5 Å². The van der Waals surface area contributed by atoms with E-state index in [-0.39, 0.29) is 5.41 Å². The highest BCUT2D eigenvalue weighted by molar-refractivity contribution is 6.59. The van der Waals surface area contributed by atoms with Crippen molar-refractivity contribution in [1.29, 1.82) is 0 Å². The van der Waals surface area contributed by atoms with Crippen LogP contribution in [-0.4, -0.2) is 17.2 Å². The van der Waals surface area contributed by atoms with Crippen LogP contribution in [-0.2, 0) is 5.41 Å². The van der Waals surface area contributed by atoms with Gasteiger partial charge in [-0.05, 0) is 35.9 Å². The van der Waals surface area contributed by atoms with Crippen LogP contribution in [0.5, 0.6) is 0 Å². The molecule has 3 heteroatoms. The van der Waals surface area contributed by atoms with Gasteiger partial charge in [0.1, 0.15) is 0 Å². The van der Waals surface area contributed by atoms with E-state index in [0.29, 0.717) is 5.46 Å². The predicted molar refractivity (Wildman–Crippen MR) is 64.4 cm³/mol. The summed E-state index contributed by atoms with van der Waals surface area (Å²) in [7, 11) is -1.39. The smallest absolute Gasteiger partial charge is 0.423 e. The summed E-state index contributed by atoms with van der Waals surface area (Å²) in [6.07, 6.45) is 0. The summed E-state index contributed by atoms with van der Waals surface area (Å²) >= 11 is 0. The van der Waals surface area contributed by atoms with Crippen LogP contribution in [0.25, 0.3) is 0 Å². The Morgan fingerprint density at radius 1 is 1.07 bits per heavy atom. The van der Waals surface area contributed by atoms with Crippen molar-refractivity contribution in [3.8, 4) is 0 Å². The van der Waals surface area contributed by atoms with Gasteiger partial charge < -0.3 is 10.0 Å². The highest BCUT2D eigenvalue weighted by Crippen LogP contribution is 2.24. The maximum Gasteiger partial charge on any atom is 0.488 e. The first-order valence-electron chi connectivity index (χ1n) is 5.21. The van der Waals surface area contributed by atoms with Gasteiger partial charge in [0.2, 0.25) is 0 Å². The summed E-state index contributed by atoms with van der Waals surface area (Å²) in [4.78, 5) is 0. The van der Waals surface area contributed by atoms with Crippen molar-refractivity contribution in [2.45, 2.75) is 40.0 Å². The lowest BCUT2D eigenvalue weighted by Crippen LogP contribution is -2.38. The second-order valence-corrected chi connectivity index (χ2v) is 5.17. The molecule has 2 nitrogen and oxygen atoms in total. The molecule has 0 radical (unpaired) electrons. The maximum absolute atomic E-state index is 9.37. The van der Waals surface area contributed by atoms with Crippen LogP contribution in [0.4, 0.5) is 0 Å². The van der Waals surface area contributed by atoms with Crippen molar-refractivity contribution in [3.63, 3.8) is 0 Å². The van der Waals surface area contributed by atoms with E-state index in [1.165, 1.54) is 0 Å². The van der Waals surface area contributed by atoms with E-state index in [1.807, 2.05) is 19.9 Å². The minimum atomic E-state index is -1.39. The first-order chi connectivity index (χ1) is 6.73. The third-order valence-electron chi connectivity index (χ3n) is 2.54. The first kappa shape index (κ1) is 12.3. The maximum atomic E-state index is 9.37. The summed E-state index contributed by atoms with van der Waals surface area (Å²) in [6.45, 7) is 10.2. The van der Waals surface area contributed by atoms with Crippen LogP contribution in [0.15, 0.2) is 12.1 Å². The largest absolute Gasteiger partial charge is 0.488 e. The fourth-order valence-electron chi connectivity index (χ4n) is 2.23. The van der Waals surface area contributed by atoms with E-state index in [4.69, 9.17) is 0 Å². The molecule has 0 aliphatic rings. The molecule has 0 heterocycles. The van der Waals surface area contributed by atoms with Crippen molar-refractivity contribution in [3.05, 3.63) is 28.8 Å². The predicted octanol–water partition coefficient (Wildman–Crippen LogP) is 1.28. The van der Waals surface area contributed by atoms with Crippen LogP contribution in [0, 0.1) is 13.8 Å². The molecule has 2 N–H and O–H groups in total. The first-order valence-corrected chi connectivity index (χ1v) is 5.21. The van der Waals surface area contributed by atoms with E-state index in [0.717, 1.165) is 16.7 Å². The summed E-state index contributed by atoms with van der Waals surface area (Å²) in [5.74, 6) is 0. The van der Waals surface area contributed by atoms with Gasteiger partial charge in [0, 0.05) is 0 Å². The Hall–Kier alpha value is -0.795. The topological polar surface area (TPSA) is 40.5 Å². The Morgan fingerprint density at radius 3 is 2.00 bits per heavy atom. The zero-order chi connectivity index (χ0) is 11.8. The molecule has 0 fully saturated rings. The van der Waals surface area contributed by atoms with Gasteiger partial charge in [-0.15, -0.1) is 0 Å². The lowest BCUT2D eigenvalue weighted by Gasteiger charge is -2.26. The fourth-order valence-corrected chi connectivity index (χ4v) is 2.23. The molecule has 15 heavy (non-hydrogen) atoms. The molecular formula is C12H19BO2. The van der Waals surface area contributed by atoms with E-state index in [2.05, 4.69) is 26.8 Å². The molecule has 1 aromatic carbocycles. The van der Waals surface area contributed by atoms with Crippen molar-refractivity contribution in [2.75, 3.05) is 0 Å². The molecule has 1 aromatic rings. The van der Waals surface area contributed by atoms with Crippen molar-refractivity contribution in [2.24, 2.45) is 0 Å². The highest BCUT2D eigenvalue weighted by atomic mass is 16.4. The van der Waals surface area contributed by atoms with Gasteiger partial charge in [0.25, 0.3) is 0 Å². The summed E-state index contributed by atoms with van der Waals surface area (Å²) in [5, 5.41) is 18.7. The summed E-state index contributed by atoms with van der Waals surface area (Å²) < 4.78 is 0. The fraction of sp³-hybridized carbons (Fsp3) is 0.500. The number of rotatable bonds is 1. The van der Waals surface area contributed by atoms with Gasteiger partial charge in [-0.2, -0.15) is 0 Å². The highest BCUT2D eigenvalue weighted by Gasteiger charge is 2.25. The SMILES string of the molecule is Cc1cc(C)c(C(C)(C)C)c(B(O)O)c1. The number of hydrogen-bond acceptors (Lipinski definition) is 2. The van der Waals surface area contributed by atoms with Crippen LogP contribution in [0.2, 0.25) is 0 Å². The molecule has 0 aliphatic heterocycles. The second-order valence-electron chi connectivity index (χ2n) is 5.17. The molecule has 82 valence electrons. The average molecular weight is 206 g/mol. The number of aryl methyl sites for hydroxylation is 2. The molecular weight excluding hydrogens is 187 g/mol. The number of hydrogen-bond donors (Lipinski definition) is 2. The van der Waals surface area contributed by atoms with Gasteiger partial charge >= 0.3 is 7.12 Å². The van der Waals surface area contributed by atoms with E-state index < -0.39 is 7.12 Å². The molecule has 0 saturated carbocycles. The molecule has 0 unspecified atom stereocenters. The van der Waals surface area contributed by atoms with Crippen LogP contribution in [0.1, 0.15) is 37.5 Å². The third-order valence-corrected chi connectivity index (χ3v) is 2.54. The molecule has 0 saturated heterocycles. The minimum Gasteiger partial charge on any atom is -0.423 e. The zero-order valence-electron chi connectivity index (χ0n) is 10.1. The third kappa shape index (κ3) is 2.61. The molecule has 0 spiro atoms. The Morgan fingerprint density at radius 2 is 1.60 bits per heavy atom. The van der Waals surface area contributed by atoms with Gasteiger partial charge in [-0.25, -0.2) is 0 Å². The van der Waals surface area contributed by atoms with E-state index >= 15 is 0 Å². The standard InChI is InChI=1S/C12H19BO2/c1-8-6-9(2)11(12(3,4)5)10(7-8)13(14)15/h6-7,14-15H,1-5H3. The lowest BCUT2D eigenvalue weighted by molar-refractivity contribution is 0.423. The monoisotopic (exact) mass is 206 g/mol. The van der Waals surface area contributed by atoms with Crippen molar-refractivity contribution >= 4 is 12.6 Å². The minimum absolute atomic E-state index is 0.0726. The van der Waals surface area contributed by atoms with Crippen LogP contribution in [0.3, 0.4) is 0 Å².